The maximum atomic E-state index is 13.1. The number of benzene rings is 1. The van der Waals surface area contributed by atoms with Gasteiger partial charge in [0, 0.05) is 17.5 Å². The van der Waals surface area contributed by atoms with Gasteiger partial charge >= 0.3 is 0 Å². The Morgan fingerprint density at radius 1 is 1.11 bits per heavy atom. The number of hydrogen-bond donors (Lipinski definition) is 0. The molecule has 2 aliphatic rings. The molecule has 1 aromatic heterocycles. The molecular weight excluding hydrogens is 363 g/mol. The van der Waals surface area contributed by atoms with Crippen LogP contribution in [0.3, 0.4) is 0 Å². The molecule has 1 aromatic carbocycles. The van der Waals surface area contributed by atoms with Crippen molar-refractivity contribution in [3.63, 3.8) is 0 Å². The van der Waals surface area contributed by atoms with Gasteiger partial charge < -0.3 is 0 Å². The first-order valence-corrected chi connectivity index (χ1v) is 10.3. The number of rotatable bonds is 4. The third-order valence-electron chi connectivity index (χ3n) is 5.22. The summed E-state index contributed by atoms with van der Waals surface area (Å²) in [6.45, 7) is 1.84. The molecule has 0 radical (unpaired) electrons. The first-order valence-electron chi connectivity index (χ1n) is 9.31. The molecule has 4 nitrogen and oxygen atoms in total. The highest BCUT2D eigenvalue weighted by molar-refractivity contribution is 7.98. The van der Waals surface area contributed by atoms with Crippen LogP contribution in [-0.2, 0) is 5.75 Å². The molecule has 0 N–H and O–H groups in total. The van der Waals surface area contributed by atoms with Crippen LogP contribution in [0.1, 0.15) is 64.1 Å². The number of aryl methyl sites for hydroxylation is 1. The molecule has 0 spiro atoms. The summed E-state index contributed by atoms with van der Waals surface area (Å²) < 4.78 is 13.1. The lowest BCUT2D eigenvalue weighted by atomic mass is 9.94. The molecular formula is C21H21FN2O2S. The number of carbonyl (C=O) groups is 2. The molecule has 1 saturated carbocycles. The van der Waals surface area contributed by atoms with Gasteiger partial charge in [-0.05, 0) is 43.5 Å². The highest BCUT2D eigenvalue weighted by atomic mass is 32.2. The van der Waals surface area contributed by atoms with Gasteiger partial charge in [0.25, 0.3) is 11.8 Å². The minimum Gasteiger partial charge on any atom is -0.271 e. The molecule has 2 amide bonds. The van der Waals surface area contributed by atoms with Crippen LogP contribution in [-0.4, -0.2) is 27.7 Å². The summed E-state index contributed by atoms with van der Waals surface area (Å²) in [6.07, 6.45) is 5.05. The van der Waals surface area contributed by atoms with Crippen LogP contribution < -0.4 is 0 Å². The van der Waals surface area contributed by atoms with Gasteiger partial charge in [0.05, 0.1) is 11.1 Å². The van der Waals surface area contributed by atoms with Crippen molar-refractivity contribution in [1.82, 2.24) is 9.88 Å². The Hall–Kier alpha value is -2.21. The monoisotopic (exact) mass is 384 g/mol. The van der Waals surface area contributed by atoms with Crippen molar-refractivity contribution < 1.29 is 14.0 Å². The molecule has 140 valence electrons. The normalized spacial score (nSPS) is 17.5. The second kappa shape index (κ2) is 7.43. The summed E-state index contributed by atoms with van der Waals surface area (Å²) in [4.78, 5) is 32.0. The van der Waals surface area contributed by atoms with Crippen LogP contribution in [0.15, 0.2) is 35.4 Å². The van der Waals surface area contributed by atoms with Gasteiger partial charge in [0.15, 0.2) is 0 Å². The molecule has 1 aliphatic heterocycles. The molecule has 0 unspecified atom stereocenters. The molecule has 2 aromatic rings. The van der Waals surface area contributed by atoms with Gasteiger partial charge in [-0.3, -0.25) is 14.5 Å². The number of aromatic nitrogens is 1. The van der Waals surface area contributed by atoms with Crippen molar-refractivity contribution in [1.29, 1.82) is 0 Å². The number of thioether (sulfide) groups is 1. The van der Waals surface area contributed by atoms with Gasteiger partial charge in [0.2, 0.25) is 0 Å². The standard InChI is InChI=1S/C21H21FN2O2S/c1-13-11-17-18(19(23-13)27-12-14-7-9-15(22)10-8-14)21(26)24(20(17)25)16-5-3-2-4-6-16/h7-11,16H,2-6,12H2,1H3. The minimum atomic E-state index is -0.276. The molecule has 27 heavy (non-hydrogen) atoms. The Kier molecular flexibility index (Phi) is 5.00. The Morgan fingerprint density at radius 2 is 1.81 bits per heavy atom. The molecule has 0 atom stereocenters. The van der Waals surface area contributed by atoms with E-state index in [-0.39, 0.29) is 23.7 Å². The Labute approximate surface area is 162 Å². The summed E-state index contributed by atoms with van der Waals surface area (Å²) in [6, 6.07) is 8.01. The van der Waals surface area contributed by atoms with Crippen molar-refractivity contribution in [3.8, 4) is 0 Å². The number of nitrogens with zero attached hydrogens (tertiary/aromatic N) is 2. The first kappa shape index (κ1) is 18.2. The highest BCUT2D eigenvalue weighted by Crippen LogP contribution is 2.36. The fourth-order valence-electron chi connectivity index (χ4n) is 3.87. The average molecular weight is 384 g/mol. The maximum absolute atomic E-state index is 13.1. The van der Waals surface area contributed by atoms with E-state index < -0.39 is 0 Å². The van der Waals surface area contributed by atoms with E-state index in [1.807, 2.05) is 6.92 Å². The van der Waals surface area contributed by atoms with E-state index in [2.05, 4.69) is 4.98 Å². The van der Waals surface area contributed by atoms with Crippen LogP contribution in [0.2, 0.25) is 0 Å². The summed E-state index contributed by atoms with van der Waals surface area (Å²) >= 11 is 1.42. The van der Waals surface area contributed by atoms with Crippen molar-refractivity contribution in [3.05, 3.63) is 58.5 Å². The molecule has 1 fully saturated rings. The van der Waals surface area contributed by atoms with Gasteiger partial charge in [-0.2, -0.15) is 0 Å². The van der Waals surface area contributed by atoms with Crippen LogP contribution in [0.25, 0.3) is 0 Å². The number of fused-ring (bicyclic) bond motifs is 1. The second-order valence-corrected chi connectivity index (χ2v) is 8.14. The predicted octanol–water partition coefficient (Wildman–Crippen LogP) is 4.75. The summed E-state index contributed by atoms with van der Waals surface area (Å²) in [5.41, 5.74) is 2.57. The zero-order valence-corrected chi connectivity index (χ0v) is 16.0. The highest BCUT2D eigenvalue weighted by Gasteiger charge is 2.42. The third kappa shape index (κ3) is 3.50. The lowest BCUT2D eigenvalue weighted by molar-refractivity contribution is 0.0547. The molecule has 2 heterocycles. The fraction of sp³-hybridized carbons (Fsp3) is 0.381. The number of hydrogen-bond acceptors (Lipinski definition) is 4. The van der Waals surface area contributed by atoms with Crippen molar-refractivity contribution in [2.24, 2.45) is 0 Å². The van der Waals surface area contributed by atoms with Crippen LogP contribution in [0, 0.1) is 12.7 Å². The number of imide groups is 1. The molecule has 1 aliphatic carbocycles. The predicted molar refractivity (Wildman–Crippen MR) is 102 cm³/mol. The maximum Gasteiger partial charge on any atom is 0.264 e. The number of pyridine rings is 1. The Balaban J connectivity index is 1.62. The van der Waals surface area contributed by atoms with E-state index in [0.717, 1.165) is 36.9 Å². The second-order valence-electron chi connectivity index (χ2n) is 7.18. The third-order valence-corrected chi connectivity index (χ3v) is 6.27. The van der Waals surface area contributed by atoms with Gasteiger partial charge in [-0.15, -0.1) is 11.8 Å². The lowest BCUT2D eigenvalue weighted by Gasteiger charge is -2.29. The molecule has 4 rings (SSSR count). The van der Waals surface area contributed by atoms with Crippen molar-refractivity contribution >= 4 is 23.6 Å². The summed E-state index contributed by atoms with van der Waals surface area (Å²) in [7, 11) is 0. The molecule has 0 saturated heterocycles. The zero-order valence-electron chi connectivity index (χ0n) is 15.2. The van der Waals surface area contributed by atoms with Crippen molar-refractivity contribution in [2.75, 3.05) is 0 Å². The molecule has 6 heteroatoms. The topological polar surface area (TPSA) is 50.3 Å². The zero-order chi connectivity index (χ0) is 19.0. The van der Waals surface area contributed by atoms with Crippen LogP contribution in [0.4, 0.5) is 4.39 Å². The lowest BCUT2D eigenvalue weighted by Crippen LogP contribution is -2.40. The van der Waals surface area contributed by atoms with Crippen LogP contribution in [0.5, 0.6) is 0 Å². The molecule has 0 bridgehead atoms. The smallest absolute Gasteiger partial charge is 0.264 e. The van der Waals surface area contributed by atoms with E-state index >= 15 is 0 Å². The van der Waals surface area contributed by atoms with E-state index in [4.69, 9.17) is 0 Å². The SMILES string of the molecule is Cc1cc2c(c(SCc3ccc(F)cc3)n1)C(=O)N(C1CCCCC1)C2=O. The van der Waals surface area contributed by atoms with Crippen LogP contribution >= 0.6 is 11.8 Å². The van der Waals surface area contributed by atoms with E-state index in [1.54, 1.807) is 18.2 Å². The first-order chi connectivity index (χ1) is 13.0. The minimum absolute atomic E-state index is 0.00130. The Morgan fingerprint density at radius 3 is 2.52 bits per heavy atom. The van der Waals surface area contributed by atoms with E-state index in [9.17, 15) is 14.0 Å². The quantitative estimate of drug-likeness (QED) is 0.564. The average Bonchev–Trinajstić information content (AvgIpc) is 2.92. The van der Waals surface area contributed by atoms with Crippen molar-refractivity contribution in [2.45, 2.75) is 55.8 Å². The van der Waals surface area contributed by atoms with E-state index in [1.165, 1.54) is 35.2 Å². The van der Waals surface area contributed by atoms with Gasteiger partial charge in [-0.1, -0.05) is 31.4 Å². The van der Waals surface area contributed by atoms with E-state index in [0.29, 0.717) is 21.9 Å². The number of amides is 2. The van der Waals surface area contributed by atoms with Gasteiger partial charge in [-0.25, -0.2) is 9.37 Å². The Bertz CT molecular complexity index is 892. The summed E-state index contributed by atoms with van der Waals surface area (Å²) in [5, 5.41) is 0.589. The largest absolute Gasteiger partial charge is 0.271 e. The fourth-order valence-corrected chi connectivity index (χ4v) is 4.92. The summed E-state index contributed by atoms with van der Waals surface area (Å²) in [5.74, 6) is -0.108. The number of halogens is 1. The van der Waals surface area contributed by atoms with Gasteiger partial charge in [0.1, 0.15) is 10.8 Å². The number of carbonyl (C=O) groups excluding carboxylic acids is 2.